The minimum Gasteiger partial charge on any atom is -0.508 e. The third-order valence-electron chi connectivity index (χ3n) is 7.49. The molecule has 12 nitrogen and oxygen atoms in total. The number of β-lactam (4-membered cyclic amide) rings is 1. The molecule has 0 saturated carbocycles. The number of alkyl carbamates (subject to hydrolysis) is 1. The molecule has 3 aliphatic heterocycles. The predicted octanol–water partition coefficient (Wildman–Crippen LogP) is 3.54. The Kier molecular flexibility index (Phi) is 9.59. The number of fused-ring (bicyclic) bond motifs is 1. The van der Waals surface area contributed by atoms with Gasteiger partial charge in [-0.25, -0.2) is 9.59 Å². The molecule has 2 aromatic carbocycles. The number of phenols is 1. The molecule has 3 amide bonds. The Morgan fingerprint density at radius 2 is 1.82 bits per heavy atom. The molecule has 5 rings (SSSR count). The molecule has 3 aliphatic rings. The highest BCUT2D eigenvalue weighted by atomic mass is 32.2. The molecule has 3 N–H and O–H groups in total. The zero-order chi connectivity index (χ0) is 32.3. The molecule has 2 saturated heterocycles. The molecule has 240 valence electrons. The summed E-state index contributed by atoms with van der Waals surface area (Å²) in [5.41, 5.74) is 1.16. The van der Waals surface area contributed by atoms with Gasteiger partial charge in [-0.2, -0.15) is 0 Å². The molecule has 0 aliphatic carbocycles. The van der Waals surface area contributed by atoms with E-state index in [-0.39, 0.29) is 24.2 Å². The number of amides is 3. The highest BCUT2D eigenvalue weighted by Crippen LogP contribution is 2.43. The second-order valence-electron chi connectivity index (χ2n) is 11.9. The van der Waals surface area contributed by atoms with Crippen LogP contribution in [0, 0.1) is 0 Å². The average Bonchev–Trinajstić information content (AvgIpc) is 3.55. The summed E-state index contributed by atoms with van der Waals surface area (Å²) in [5.74, 6) is -0.700. The lowest BCUT2D eigenvalue weighted by Crippen LogP contribution is -2.71. The lowest BCUT2D eigenvalue weighted by Gasteiger charge is -2.50. The summed E-state index contributed by atoms with van der Waals surface area (Å²) in [6.45, 7) is 5.65. The van der Waals surface area contributed by atoms with Crippen LogP contribution in [0.15, 0.2) is 59.8 Å². The maximum absolute atomic E-state index is 13.6. The van der Waals surface area contributed by atoms with Crippen LogP contribution in [0.2, 0.25) is 0 Å². The van der Waals surface area contributed by atoms with Crippen LogP contribution in [0.5, 0.6) is 11.5 Å². The zero-order valence-corrected chi connectivity index (χ0v) is 26.3. The number of carbonyl (C=O) groups excluding carboxylic acids is 4. The largest absolute Gasteiger partial charge is 0.508 e. The number of methoxy groups -OCH3 is 1. The van der Waals surface area contributed by atoms with E-state index in [2.05, 4.69) is 10.6 Å². The first-order valence-corrected chi connectivity index (χ1v) is 15.7. The van der Waals surface area contributed by atoms with E-state index in [0.717, 1.165) is 18.4 Å². The van der Waals surface area contributed by atoms with Crippen molar-refractivity contribution in [2.45, 2.75) is 69.4 Å². The number of phenolic OH excluding ortho intramolecular Hbond substituents is 1. The molecular formula is C32H37N3O9S. The Morgan fingerprint density at radius 3 is 2.44 bits per heavy atom. The molecule has 4 atom stereocenters. The molecule has 0 bridgehead atoms. The Hall–Kier alpha value is -4.23. The fourth-order valence-electron chi connectivity index (χ4n) is 5.30. The van der Waals surface area contributed by atoms with Gasteiger partial charge in [0.15, 0.2) is 0 Å². The number of thioether (sulfide) groups is 1. The number of hydrogen-bond acceptors (Lipinski definition) is 10. The number of rotatable bonds is 9. The maximum atomic E-state index is 13.6. The first-order chi connectivity index (χ1) is 21.4. The van der Waals surface area contributed by atoms with Crippen LogP contribution in [0.25, 0.3) is 0 Å². The topological polar surface area (TPSA) is 153 Å². The first kappa shape index (κ1) is 32.2. The van der Waals surface area contributed by atoms with Gasteiger partial charge in [0.25, 0.3) is 5.91 Å². The number of hydrogen-bond donors (Lipinski definition) is 3. The van der Waals surface area contributed by atoms with Gasteiger partial charge in [0, 0.05) is 12.4 Å². The van der Waals surface area contributed by atoms with Crippen LogP contribution in [-0.2, 0) is 35.2 Å². The van der Waals surface area contributed by atoms with Gasteiger partial charge in [-0.15, -0.1) is 11.8 Å². The highest BCUT2D eigenvalue weighted by Gasteiger charge is 2.55. The van der Waals surface area contributed by atoms with Crippen LogP contribution in [0.4, 0.5) is 4.79 Å². The van der Waals surface area contributed by atoms with E-state index in [1.807, 2.05) is 0 Å². The molecule has 0 unspecified atom stereocenters. The third kappa shape index (κ3) is 7.36. The van der Waals surface area contributed by atoms with Crippen molar-refractivity contribution in [3.05, 3.63) is 70.9 Å². The van der Waals surface area contributed by atoms with Gasteiger partial charge in [0.05, 0.1) is 13.2 Å². The number of esters is 1. The summed E-state index contributed by atoms with van der Waals surface area (Å²) in [6.07, 6.45) is 0.436. The lowest BCUT2D eigenvalue weighted by molar-refractivity contribution is -0.153. The molecule has 0 radical (unpaired) electrons. The molecule has 0 spiro atoms. The smallest absolute Gasteiger partial charge is 0.408 e. The molecular weight excluding hydrogens is 602 g/mol. The monoisotopic (exact) mass is 639 g/mol. The maximum Gasteiger partial charge on any atom is 0.408 e. The van der Waals surface area contributed by atoms with E-state index in [4.69, 9.17) is 18.9 Å². The van der Waals surface area contributed by atoms with Crippen LogP contribution in [-0.4, -0.2) is 76.5 Å². The number of aromatic hydroxyl groups is 1. The van der Waals surface area contributed by atoms with E-state index in [1.54, 1.807) is 52.1 Å². The van der Waals surface area contributed by atoms with Crippen molar-refractivity contribution in [1.29, 1.82) is 0 Å². The van der Waals surface area contributed by atoms with E-state index < -0.39 is 46.9 Å². The molecule has 2 fully saturated rings. The highest BCUT2D eigenvalue weighted by molar-refractivity contribution is 8.00. The van der Waals surface area contributed by atoms with Crippen molar-refractivity contribution in [3.8, 4) is 11.5 Å². The van der Waals surface area contributed by atoms with Crippen LogP contribution in [0.1, 0.15) is 50.8 Å². The van der Waals surface area contributed by atoms with Crippen molar-refractivity contribution < 1.29 is 43.2 Å². The van der Waals surface area contributed by atoms with Crippen LogP contribution >= 0.6 is 11.8 Å². The second kappa shape index (κ2) is 13.4. The third-order valence-corrected chi connectivity index (χ3v) is 8.79. The summed E-state index contributed by atoms with van der Waals surface area (Å²) in [7, 11) is 1.57. The van der Waals surface area contributed by atoms with Crippen molar-refractivity contribution >= 4 is 35.6 Å². The minimum absolute atomic E-state index is 0.00419. The average molecular weight is 640 g/mol. The Balaban J connectivity index is 1.33. The second-order valence-corrected chi connectivity index (χ2v) is 13.0. The standard InChI is InChI=1S/C32H37N3O9S/c1-32(2,3)44-31(40)34-24(19-9-11-20(36)12-10-19)27(37)33-25-28(38)35-26(22(17-45-29(25)35)23-6-5-15-42-23)30(39)43-16-18-7-13-21(41-4)14-8-18/h7-14,23-25,29,36H,5-6,15-17H2,1-4H3,(H,33,37)(H,34,40)/t23-,24-,25-,29-/m1/s1. The molecule has 2 aromatic rings. The number of carbonyl (C=O) groups is 4. The summed E-state index contributed by atoms with van der Waals surface area (Å²) in [4.78, 5) is 54.8. The normalized spacial score (nSPS) is 21.7. The Labute approximate surface area is 265 Å². The molecule has 13 heteroatoms. The van der Waals surface area contributed by atoms with E-state index in [9.17, 15) is 24.3 Å². The van der Waals surface area contributed by atoms with E-state index in [0.29, 0.717) is 29.2 Å². The number of benzene rings is 2. The summed E-state index contributed by atoms with van der Waals surface area (Å²) >= 11 is 1.42. The lowest BCUT2D eigenvalue weighted by atomic mass is 9.98. The SMILES string of the molecule is COc1ccc(COC(=O)C2=C([C@H]3CCCO3)CS[C@@H]3[C@H](NC(=O)[C@H](NC(=O)OC(C)(C)C)c4ccc(O)cc4)C(=O)N23)cc1. The number of ether oxygens (including phenoxy) is 4. The fraction of sp³-hybridized carbons (Fsp3) is 0.438. The van der Waals surface area contributed by atoms with Gasteiger partial charge < -0.3 is 34.7 Å². The summed E-state index contributed by atoms with van der Waals surface area (Å²) in [5, 5.41) is 14.5. The predicted molar refractivity (Wildman–Crippen MR) is 164 cm³/mol. The number of nitrogens with one attached hydrogen (secondary N) is 2. The molecule has 0 aromatic heterocycles. The van der Waals surface area contributed by atoms with Gasteiger partial charge in [-0.3, -0.25) is 14.5 Å². The Morgan fingerprint density at radius 1 is 1.11 bits per heavy atom. The van der Waals surface area contributed by atoms with Gasteiger partial charge in [0.2, 0.25) is 5.91 Å². The van der Waals surface area contributed by atoms with Crippen molar-refractivity contribution in [1.82, 2.24) is 15.5 Å². The van der Waals surface area contributed by atoms with Crippen molar-refractivity contribution in [2.24, 2.45) is 0 Å². The van der Waals surface area contributed by atoms with Gasteiger partial charge in [-0.1, -0.05) is 24.3 Å². The number of nitrogens with zero attached hydrogens (tertiary/aromatic N) is 1. The van der Waals surface area contributed by atoms with E-state index in [1.165, 1.54) is 40.9 Å². The van der Waals surface area contributed by atoms with Crippen LogP contribution < -0.4 is 15.4 Å². The van der Waals surface area contributed by atoms with E-state index >= 15 is 0 Å². The molecule has 3 heterocycles. The summed E-state index contributed by atoms with van der Waals surface area (Å²) in [6, 6.07) is 10.7. The van der Waals surface area contributed by atoms with Crippen LogP contribution in [0.3, 0.4) is 0 Å². The summed E-state index contributed by atoms with van der Waals surface area (Å²) < 4.78 is 22.1. The van der Waals surface area contributed by atoms with Gasteiger partial charge in [0.1, 0.15) is 46.9 Å². The minimum atomic E-state index is -1.22. The fourth-order valence-corrected chi connectivity index (χ4v) is 6.71. The zero-order valence-electron chi connectivity index (χ0n) is 25.5. The quantitative estimate of drug-likeness (QED) is 0.274. The van der Waals surface area contributed by atoms with Crippen molar-refractivity contribution in [3.63, 3.8) is 0 Å². The van der Waals surface area contributed by atoms with Gasteiger partial charge in [-0.05, 0) is 74.6 Å². The van der Waals surface area contributed by atoms with Crippen molar-refractivity contribution in [2.75, 3.05) is 19.5 Å². The van der Waals surface area contributed by atoms with Gasteiger partial charge >= 0.3 is 12.1 Å². The molecule has 45 heavy (non-hydrogen) atoms. The Bertz CT molecular complexity index is 1460. The first-order valence-electron chi connectivity index (χ1n) is 14.6.